The van der Waals surface area contributed by atoms with Crippen LogP contribution in [0.25, 0.3) is 0 Å². The van der Waals surface area contributed by atoms with Crippen LogP contribution in [0, 0.1) is 15.9 Å². The van der Waals surface area contributed by atoms with E-state index in [0.717, 1.165) is 18.2 Å². The minimum atomic E-state index is -0.617. The molecule has 0 spiro atoms. The van der Waals surface area contributed by atoms with Crippen LogP contribution < -0.4 is 5.90 Å². The summed E-state index contributed by atoms with van der Waals surface area (Å²) in [5.41, 5.74) is -0.0839. The van der Waals surface area contributed by atoms with Crippen molar-refractivity contribution in [3.05, 3.63) is 39.7 Å². The molecule has 1 rings (SSSR count). The summed E-state index contributed by atoms with van der Waals surface area (Å²) in [6.07, 6.45) is 0. The van der Waals surface area contributed by atoms with Crippen molar-refractivity contribution in [3.63, 3.8) is 0 Å². The third-order valence-corrected chi connectivity index (χ3v) is 1.48. The van der Waals surface area contributed by atoms with Crippen LogP contribution in [0.5, 0.6) is 0 Å². The molecule has 0 fully saturated rings. The molecule has 0 aromatic heterocycles. The Morgan fingerprint density at radius 3 is 2.85 bits per heavy atom. The van der Waals surface area contributed by atoms with Crippen molar-refractivity contribution in [1.29, 1.82) is 0 Å². The lowest BCUT2D eigenvalue weighted by Crippen LogP contribution is -2.02. The summed E-state index contributed by atoms with van der Waals surface area (Å²) in [5.74, 6) is 4.18. The van der Waals surface area contributed by atoms with E-state index in [4.69, 9.17) is 5.90 Å². The first-order valence-corrected chi connectivity index (χ1v) is 3.39. The van der Waals surface area contributed by atoms with Crippen molar-refractivity contribution in [3.8, 4) is 0 Å². The smallest absolute Gasteiger partial charge is 0.275 e. The molecule has 0 saturated heterocycles. The van der Waals surface area contributed by atoms with E-state index >= 15 is 0 Å². The van der Waals surface area contributed by atoms with Crippen LogP contribution in [0.15, 0.2) is 18.2 Å². The number of halogens is 1. The summed E-state index contributed by atoms with van der Waals surface area (Å²) in [6.45, 7) is -0.186. The van der Waals surface area contributed by atoms with Crippen LogP contribution in [0.4, 0.5) is 10.1 Å². The number of nitro groups is 1. The highest BCUT2D eigenvalue weighted by Gasteiger charge is 2.13. The van der Waals surface area contributed by atoms with Gasteiger partial charge in [-0.15, -0.1) is 0 Å². The minimum Gasteiger partial charge on any atom is -0.300 e. The van der Waals surface area contributed by atoms with E-state index < -0.39 is 10.7 Å². The van der Waals surface area contributed by atoms with Gasteiger partial charge in [-0.25, -0.2) is 10.3 Å². The highest BCUT2D eigenvalue weighted by Crippen LogP contribution is 2.19. The Morgan fingerprint density at radius 2 is 2.31 bits per heavy atom. The number of benzene rings is 1. The molecule has 0 aliphatic carbocycles. The fraction of sp³-hybridized carbons (Fsp3) is 0.143. The highest BCUT2D eigenvalue weighted by atomic mass is 19.1. The maximum absolute atomic E-state index is 12.6. The van der Waals surface area contributed by atoms with E-state index in [9.17, 15) is 14.5 Å². The minimum absolute atomic E-state index is 0.118. The largest absolute Gasteiger partial charge is 0.300 e. The molecule has 5 nitrogen and oxygen atoms in total. The Hall–Kier alpha value is -1.53. The molecule has 70 valence electrons. The Kier molecular flexibility index (Phi) is 2.88. The van der Waals surface area contributed by atoms with E-state index in [2.05, 4.69) is 4.84 Å². The van der Waals surface area contributed by atoms with Gasteiger partial charge in [0.15, 0.2) is 0 Å². The number of nitrogens with zero attached hydrogens (tertiary/aromatic N) is 1. The molecule has 0 atom stereocenters. The topological polar surface area (TPSA) is 78.4 Å². The van der Waals surface area contributed by atoms with Gasteiger partial charge in [0.05, 0.1) is 17.1 Å². The number of hydrogen-bond donors (Lipinski definition) is 1. The van der Waals surface area contributed by atoms with Crippen LogP contribution in [0.2, 0.25) is 0 Å². The SMILES string of the molecule is NOCc1cc(F)ccc1[N+](=O)[O-]. The van der Waals surface area contributed by atoms with Gasteiger partial charge in [-0.05, 0) is 12.1 Å². The lowest BCUT2D eigenvalue weighted by molar-refractivity contribution is -0.386. The van der Waals surface area contributed by atoms with Gasteiger partial charge in [0.25, 0.3) is 5.69 Å². The number of hydrogen-bond acceptors (Lipinski definition) is 4. The van der Waals surface area contributed by atoms with E-state index in [1.807, 2.05) is 0 Å². The van der Waals surface area contributed by atoms with Gasteiger partial charge in [-0.1, -0.05) is 0 Å². The maximum atomic E-state index is 12.6. The fourth-order valence-corrected chi connectivity index (χ4v) is 0.938. The van der Waals surface area contributed by atoms with Gasteiger partial charge in [0.2, 0.25) is 0 Å². The third kappa shape index (κ3) is 2.20. The second kappa shape index (κ2) is 3.92. The summed E-state index contributed by atoms with van der Waals surface area (Å²) in [4.78, 5) is 14.0. The molecular formula is C7H7FN2O3. The van der Waals surface area contributed by atoms with Crippen LogP contribution in [-0.4, -0.2) is 4.92 Å². The maximum Gasteiger partial charge on any atom is 0.275 e. The summed E-state index contributed by atoms with van der Waals surface area (Å²) in [7, 11) is 0. The molecule has 0 saturated carbocycles. The fourth-order valence-electron chi connectivity index (χ4n) is 0.938. The zero-order chi connectivity index (χ0) is 9.84. The van der Waals surface area contributed by atoms with Gasteiger partial charge >= 0.3 is 0 Å². The monoisotopic (exact) mass is 186 g/mol. The predicted molar refractivity (Wildman–Crippen MR) is 42.0 cm³/mol. The van der Waals surface area contributed by atoms with Crippen LogP contribution in [-0.2, 0) is 11.4 Å². The second-order valence-corrected chi connectivity index (χ2v) is 2.34. The predicted octanol–water partition coefficient (Wildman–Crippen LogP) is 1.12. The van der Waals surface area contributed by atoms with Gasteiger partial charge in [-0.2, -0.15) is 0 Å². The molecule has 1 aromatic carbocycles. The van der Waals surface area contributed by atoms with Crippen molar-refractivity contribution in [1.82, 2.24) is 0 Å². The molecule has 0 bridgehead atoms. The summed E-state index contributed by atoms with van der Waals surface area (Å²) in [6, 6.07) is 3.10. The van der Waals surface area contributed by atoms with E-state index in [0.29, 0.717) is 0 Å². The Labute approximate surface area is 73.0 Å². The van der Waals surface area contributed by atoms with E-state index in [1.165, 1.54) is 0 Å². The van der Waals surface area contributed by atoms with Gasteiger partial charge < -0.3 is 0 Å². The van der Waals surface area contributed by atoms with Crippen molar-refractivity contribution < 1.29 is 14.2 Å². The summed E-state index contributed by atoms with van der Waals surface area (Å²) < 4.78 is 12.6. The molecule has 0 aliphatic rings. The quantitative estimate of drug-likeness (QED) is 0.566. The first-order chi connectivity index (χ1) is 6.15. The molecule has 13 heavy (non-hydrogen) atoms. The van der Waals surface area contributed by atoms with Crippen molar-refractivity contribution in [2.75, 3.05) is 0 Å². The number of nitrogens with two attached hydrogens (primary N) is 1. The third-order valence-electron chi connectivity index (χ3n) is 1.48. The van der Waals surface area contributed by atoms with Crippen molar-refractivity contribution in [2.24, 2.45) is 5.90 Å². The summed E-state index contributed by atoms with van der Waals surface area (Å²) in [5, 5.41) is 10.4. The molecule has 6 heteroatoms. The molecule has 0 aliphatic heterocycles. The standard InChI is InChI=1S/C7H7FN2O3/c8-6-1-2-7(10(11)12)5(3-6)4-13-9/h1-3H,4,9H2. The molecular weight excluding hydrogens is 179 g/mol. The average molecular weight is 186 g/mol. The van der Waals surface area contributed by atoms with Crippen LogP contribution in [0.3, 0.4) is 0 Å². The average Bonchev–Trinajstić information content (AvgIpc) is 2.04. The molecule has 0 unspecified atom stereocenters. The molecule has 0 heterocycles. The second-order valence-electron chi connectivity index (χ2n) is 2.34. The Morgan fingerprint density at radius 1 is 1.62 bits per heavy atom. The number of rotatable bonds is 3. The van der Waals surface area contributed by atoms with Gasteiger partial charge in [-0.3, -0.25) is 15.0 Å². The lowest BCUT2D eigenvalue weighted by Gasteiger charge is -2.00. The number of nitro benzene ring substituents is 1. The lowest BCUT2D eigenvalue weighted by atomic mass is 10.2. The van der Waals surface area contributed by atoms with Crippen molar-refractivity contribution >= 4 is 5.69 Å². The van der Waals surface area contributed by atoms with Crippen molar-refractivity contribution in [2.45, 2.75) is 6.61 Å². The normalized spacial score (nSPS) is 10.0. The highest BCUT2D eigenvalue weighted by molar-refractivity contribution is 5.39. The van der Waals surface area contributed by atoms with E-state index in [1.54, 1.807) is 0 Å². The summed E-state index contributed by atoms with van der Waals surface area (Å²) >= 11 is 0. The Balaban J connectivity index is 3.10. The van der Waals surface area contributed by atoms with Crippen LogP contribution >= 0.6 is 0 Å². The van der Waals surface area contributed by atoms with Crippen LogP contribution in [0.1, 0.15) is 5.56 Å². The van der Waals surface area contributed by atoms with Gasteiger partial charge in [0, 0.05) is 6.07 Å². The first kappa shape index (κ1) is 9.56. The van der Waals surface area contributed by atoms with Gasteiger partial charge in [0.1, 0.15) is 5.82 Å². The molecule has 2 N–H and O–H groups in total. The zero-order valence-corrected chi connectivity index (χ0v) is 6.57. The van der Waals surface area contributed by atoms with E-state index in [-0.39, 0.29) is 17.9 Å². The molecule has 0 amide bonds. The first-order valence-electron chi connectivity index (χ1n) is 3.39. The Bertz CT molecular complexity index is 330. The molecule has 0 radical (unpaired) electrons. The zero-order valence-electron chi connectivity index (χ0n) is 6.57. The molecule has 1 aromatic rings.